The van der Waals surface area contributed by atoms with Crippen molar-refractivity contribution in [1.82, 2.24) is 9.80 Å². The number of ether oxygens (including phenoxy) is 1. The third-order valence-electron chi connectivity index (χ3n) is 4.86. The van der Waals surface area contributed by atoms with Gasteiger partial charge in [0.15, 0.2) is 0 Å². The molecular weight excluding hydrogens is 272 g/mol. The van der Waals surface area contributed by atoms with Crippen LogP contribution in [0.15, 0.2) is 24.4 Å². The summed E-state index contributed by atoms with van der Waals surface area (Å²) < 4.78 is 5.51. The summed E-state index contributed by atoms with van der Waals surface area (Å²) in [5.74, 6) is 1.04. The largest absolute Gasteiger partial charge is 0.381 e. The van der Waals surface area contributed by atoms with E-state index in [0.29, 0.717) is 11.8 Å². The third kappa shape index (κ3) is 5.77. The Labute approximate surface area is 138 Å². The zero-order valence-corrected chi connectivity index (χ0v) is 15.2. The molecule has 3 heteroatoms. The smallest absolute Gasteiger partial charge is 0.0469 e. The van der Waals surface area contributed by atoms with Crippen LogP contribution in [0, 0.1) is 11.8 Å². The van der Waals surface area contributed by atoms with Gasteiger partial charge in [0.2, 0.25) is 0 Å². The minimum atomic E-state index is 0.398. The van der Waals surface area contributed by atoms with Crippen molar-refractivity contribution >= 4 is 0 Å². The van der Waals surface area contributed by atoms with Gasteiger partial charge in [-0.25, -0.2) is 0 Å². The molecule has 22 heavy (non-hydrogen) atoms. The molecule has 0 bridgehead atoms. The molecule has 1 unspecified atom stereocenters. The zero-order valence-electron chi connectivity index (χ0n) is 15.2. The first-order valence-corrected chi connectivity index (χ1v) is 8.86. The highest BCUT2D eigenvalue weighted by molar-refractivity contribution is 5.16. The molecule has 0 aromatic carbocycles. The second kappa shape index (κ2) is 10.1. The van der Waals surface area contributed by atoms with E-state index in [1.54, 1.807) is 0 Å². The Balaban J connectivity index is 2.58. The van der Waals surface area contributed by atoms with Gasteiger partial charge in [0, 0.05) is 45.0 Å². The highest BCUT2D eigenvalue weighted by Gasteiger charge is 2.28. The molecule has 0 aliphatic carbocycles. The average molecular weight is 309 g/mol. The quantitative estimate of drug-likeness (QED) is 0.571. The van der Waals surface area contributed by atoms with Gasteiger partial charge in [-0.05, 0) is 45.2 Å². The summed E-state index contributed by atoms with van der Waals surface area (Å²) in [6, 6.07) is 0. The molecule has 1 saturated heterocycles. The van der Waals surface area contributed by atoms with Crippen LogP contribution in [0.5, 0.6) is 0 Å². The molecule has 0 aromatic rings. The van der Waals surface area contributed by atoms with Crippen LogP contribution in [-0.2, 0) is 4.74 Å². The fourth-order valence-electron chi connectivity index (χ4n) is 3.42. The Bertz CT molecular complexity index is 347. The van der Waals surface area contributed by atoms with Crippen LogP contribution in [-0.4, -0.2) is 56.2 Å². The molecule has 1 aliphatic rings. The number of hydrogen-bond donors (Lipinski definition) is 0. The topological polar surface area (TPSA) is 15.7 Å². The normalized spacial score (nSPS) is 17.5. The first kappa shape index (κ1) is 19.2. The van der Waals surface area contributed by atoms with Crippen molar-refractivity contribution in [2.45, 2.75) is 40.0 Å². The number of likely N-dealkylation sites (N-methyl/N-ethyl adjacent to an activating group) is 2. The van der Waals surface area contributed by atoms with Crippen LogP contribution >= 0.6 is 0 Å². The van der Waals surface area contributed by atoms with Gasteiger partial charge in [-0.1, -0.05) is 32.6 Å². The highest BCUT2D eigenvalue weighted by Crippen LogP contribution is 2.34. The third-order valence-corrected chi connectivity index (χ3v) is 4.86. The number of nitrogens with zero attached hydrogens (tertiary/aromatic N) is 2. The molecular formula is C19H36N2O. The Morgan fingerprint density at radius 1 is 1.14 bits per heavy atom. The van der Waals surface area contributed by atoms with Gasteiger partial charge in [-0.3, -0.25) is 0 Å². The predicted molar refractivity (Wildman–Crippen MR) is 96.0 cm³/mol. The van der Waals surface area contributed by atoms with Crippen molar-refractivity contribution in [3.63, 3.8) is 0 Å². The molecule has 0 aromatic heterocycles. The van der Waals surface area contributed by atoms with Gasteiger partial charge in [-0.2, -0.15) is 0 Å². The van der Waals surface area contributed by atoms with Gasteiger partial charge in [0.25, 0.3) is 0 Å². The second-order valence-electron chi connectivity index (χ2n) is 6.62. The molecule has 1 fully saturated rings. The summed E-state index contributed by atoms with van der Waals surface area (Å²) in [7, 11) is 2.18. The van der Waals surface area contributed by atoms with Gasteiger partial charge in [0.05, 0.1) is 0 Å². The lowest BCUT2D eigenvalue weighted by molar-refractivity contribution is 0.0533. The van der Waals surface area contributed by atoms with E-state index in [2.05, 4.69) is 50.8 Å². The van der Waals surface area contributed by atoms with Gasteiger partial charge >= 0.3 is 0 Å². The maximum absolute atomic E-state index is 5.51. The average Bonchev–Trinajstić information content (AvgIpc) is 2.51. The fraction of sp³-hybridized carbons (Fsp3) is 0.789. The minimum absolute atomic E-state index is 0.398. The van der Waals surface area contributed by atoms with Crippen LogP contribution < -0.4 is 0 Å². The van der Waals surface area contributed by atoms with Crippen LogP contribution in [0.1, 0.15) is 40.0 Å². The second-order valence-corrected chi connectivity index (χ2v) is 6.62. The number of rotatable bonds is 10. The van der Waals surface area contributed by atoms with Crippen molar-refractivity contribution in [3.05, 3.63) is 24.4 Å². The monoisotopic (exact) mass is 308 g/mol. The Morgan fingerprint density at radius 2 is 1.77 bits per heavy atom. The van der Waals surface area contributed by atoms with E-state index in [9.17, 15) is 0 Å². The molecule has 1 rings (SSSR count). The van der Waals surface area contributed by atoms with Crippen molar-refractivity contribution in [3.8, 4) is 0 Å². The van der Waals surface area contributed by atoms with Gasteiger partial charge < -0.3 is 14.5 Å². The molecule has 128 valence electrons. The maximum Gasteiger partial charge on any atom is 0.0469 e. The Hall–Kier alpha value is -0.800. The van der Waals surface area contributed by atoms with Crippen LogP contribution in [0.4, 0.5) is 0 Å². The van der Waals surface area contributed by atoms with E-state index in [-0.39, 0.29) is 0 Å². The molecule has 0 saturated carbocycles. The molecule has 0 amide bonds. The predicted octanol–water partition coefficient (Wildman–Crippen LogP) is 3.78. The molecule has 1 heterocycles. The summed E-state index contributed by atoms with van der Waals surface area (Å²) in [5, 5.41) is 0. The number of hydrogen-bond acceptors (Lipinski definition) is 3. The molecule has 1 aliphatic heterocycles. The number of allylic oxidation sites excluding steroid dienone is 1. The summed E-state index contributed by atoms with van der Waals surface area (Å²) >= 11 is 0. The summed E-state index contributed by atoms with van der Waals surface area (Å²) in [6.07, 6.45) is 3.47. The summed E-state index contributed by atoms with van der Waals surface area (Å²) in [6.45, 7) is 21.5. The summed E-state index contributed by atoms with van der Waals surface area (Å²) in [5.41, 5.74) is 2.47. The Kier molecular flexibility index (Phi) is 8.81. The standard InChI is InChI=1S/C19H36N2O/c1-7-11-21(8-2)13-12-20(6)17(5)19(16(3)4)18-9-14-22-15-10-18/h18-19H,3,5,7-15H2,1-2,4,6H3. The highest BCUT2D eigenvalue weighted by atomic mass is 16.5. The molecule has 0 spiro atoms. The fourth-order valence-corrected chi connectivity index (χ4v) is 3.42. The molecule has 0 N–H and O–H groups in total. The SMILES string of the molecule is C=C(C)C(C(=C)N(C)CCN(CC)CCC)C1CCOCC1. The zero-order chi connectivity index (χ0) is 16.5. The van der Waals surface area contributed by atoms with E-state index >= 15 is 0 Å². The molecule has 0 radical (unpaired) electrons. The van der Waals surface area contributed by atoms with E-state index in [0.717, 1.165) is 45.7 Å². The van der Waals surface area contributed by atoms with E-state index < -0.39 is 0 Å². The lowest BCUT2D eigenvalue weighted by Crippen LogP contribution is -2.36. The van der Waals surface area contributed by atoms with Crippen LogP contribution in [0.25, 0.3) is 0 Å². The van der Waals surface area contributed by atoms with Gasteiger partial charge in [-0.15, -0.1) is 0 Å². The first-order valence-electron chi connectivity index (χ1n) is 8.86. The van der Waals surface area contributed by atoms with E-state index in [1.165, 1.54) is 24.2 Å². The van der Waals surface area contributed by atoms with Crippen LogP contribution in [0.2, 0.25) is 0 Å². The van der Waals surface area contributed by atoms with Gasteiger partial charge in [0.1, 0.15) is 0 Å². The maximum atomic E-state index is 5.51. The lowest BCUT2D eigenvalue weighted by Gasteiger charge is -2.37. The Morgan fingerprint density at radius 3 is 2.27 bits per heavy atom. The summed E-state index contributed by atoms with van der Waals surface area (Å²) in [4.78, 5) is 4.85. The van der Waals surface area contributed by atoms with E-state index in [4.69, 9.17) is 4.74 Å². The van der Waals surface area contributed by atoms with Crippen molar-refractivity contribution in [2.24, 2.45) is 11.8 Å². The lowest BCUT2D eigenvalue weighted by atomic mass is 9.80. The van der Waals surface area contributed by atoms with Crippen molar-refractivity contribution in [2.75, 3.05) is 46.4 Å². The van der Waals surface area contributed by atoms with Crippen molar-refractivity contribution < 1.29 is 4.74 Å². The van der Waals surface area contributed by atoms with E-state index in [1.807, 2.05) is 0 Å². The van der Waals surface area contributed by atoms with Crippen molar-refractivity contribution in [1.29, 1.82) is 0 Å². The molecule has 3 nitrogen and oxygen atoms in total. The minimum Gasteiger partial charge on any atom is -0.381 e. The van der Waals surface area contributed by atoms with Crippen LogP contribution in [0.3, 0.4) is 0 Å². The molecule has 1 atom stereocenters. The first-order chi connectivity index (χ1) is 10.5.